The topological polar surface area (TPSA) is 85.1 Å². The van der Waals surface area contributed by atoms with Crippen LogP contribution < -0.4 is 10.5 Å². The minimum Gasteiger partial charge on any atom is -0.398 e. The van der Waals surface area contributed by atoms with Gasteiger partial charge in [-0.1, -0.05) is 65.7 Å². The average Bonchev–Trinajstić information content (AvgIpc) is 2.68. The SMILES string of the molecule is Cc1ccc(S(=O)(=O)Nc2nc3ccccc3c(N)c2-c2cccc(C)c2)cc1. The molecule has 0 saturated carbocycles. The molecule has 0 spiro atoms. The number of rotatable bonds is 4. The van der Waals surface area contributed by atoms with Gasteiger partial charge in [-0.2, -0.15) is 0 Å². The minimum atomic E-state index is -3.82. The number of nitrogens with two attached hydrogens (primary N) is 1. The summed E-state index contributed by atoms with van der Waals surface area (Å²) in [4.78, 5) is 4.77. The van der Waals surface area contributed by atoms with Crippen LogP contribution in [0.15, 0.2) is 77.7 Å². The van der Waals surface area contributed by atoms with Gasteiger partial charge in [0.15, 0.2) is 0 Å². The molecule has 3 N–H and O–H groups in total. The molecule has 0 aliphatic carbocycles. The highest BCUT2D eigenvalue weighted by atomic mass is 32.2. The fourth-order valence-electron chi connectivity index (χ4n) is 3.31. The van der Waals surface area contributed by atoms with Crippen LogP contribution >= 0.6 is 0 Å². The number of aryl methyl sites for hydroxylation is 2. The summed E-state index contributed by atoms with van der Waals surface area (Å²) < 4.78 is 28.7. The van der Waals surface area contributed by atoms with Crippen molar-refractivity contribution < 1.29 is 8.42 Å². The summed E-state index contributed by atoms with van der Waals surface area (Å²) in [5.41, 5.74) is 11.0. The third kappa shape index (κ3) is 3.67. The first kappa shape index (κ1) is 19.0. The van der Waals surface area contributed by atoms with Gasteiger partial charge in [-0.15, -0.1) is 0 Å². The monoisotopic (exact) mass is 403 g/mol. The number of pyridine rings is 1. The van der Waals surface area contributed by atoms with Crippen molar-refractivity contribution in [2.75, 3.05) is 10.5 Å². The van der Waals surface area contributed by atoms with Crippen LogP contribution in [0.25, 0.3) is 22.0 Å². The maximum atomic E-state index is 13.0. The first-order valence-electron chi connectivity index (χ1n) is 9.20. The number of para-hydroxylation sites is 1. The molecule has 1 aromatic heterocycles. The van der Waals surface area contributed by atoms with Crippen molar-refractivity contribution in [3.8, 4) is 11.1 Å². The molecule has 0 saturated heterocycles. The molecule has 0 bridgehead atoms. The third-order valence-corrected chi connectivity index (χ3v) is 6.16. The van der Waals surface area contributed by atoms with Crippen LogP contribution in [0.2, 0.25) is 0 Å². The van der Waals surface area contributed by atoms with Gasteiger partial charge in [0.05, 0.1) is 16.1 Å². The van der Waals surface area contributed by atoms with Gasteiger partial charge in [-0.05, 0) is 37.6 Å². The molecule has 0 amide bonds. The van der Waals surface area contributed by atoms with E-state index in [0.29, 0.717) is 16.8 Å². The first-order valence-corrected chi connectivity index (χ1v) is 10.7. The summed E-state index contributed by atoms with van der Waals surface area (Å²) >= 11 is 0. The van der Waals surface area contributed by atoms with E-state index in [1.165, 1.54) is 0 Å². The van der Waals surface area contributed by atoms with Crippen molar-refractivity contribution in [2.45, 2.75) is 18.7 Å². The Hall–Kier alpha value is -3.38. The van der Waals surface area contributed by atoms with Crippen LogP contribution in [0, 0.1) is 13.8 Å². The zero-order chi connectivity index (χ0) is 20.6. The van der Waals surface area contributed by atoms with Crippen molar-refractivity contribution in [2.24, 2.45) is 0 Å². The van der Waals surface area contributed by atoms with E-state index in [1.807, 2.05) is 62.4 Å². The molecular formula is C23H21N3O2S. The van der Waals surface area contributed by atoms with Gasteiger partial charge in [0.2, 0.25) is 0 Å². The number of aromatic nitrogens is 1. The Bertz CT molecular complexity index is 1310. The van der Waals surface area contributed by atoms with E-state index < -0.39 is 10.0 Å². The Balaban J connectivity index is 1.93. The second-order valence-corrected chi connectivity index (χ2v) is 8.74. The lowest BCUT2D eigenvalue weighted by molar-refractivity contribution is 0.601. The van der Waals surface area contributed by atoms with E-state index in [0.717, 1.165) is 22.1 Å². The predicted octanol–water partition coefficient (Wildman–Crippen LogP) is 4.90. The molecule has 4 aromatic rings. The summed E-state index contributed by atoms with van der Waals surface area (Å²) in [6.45, 7) is 3.88. The zero-order valence-electron chi connectivity index (χ0n) is 16.2. The van der Waals surface area contributed by atoms with Gasteiger partial charge in [0.1, 0.15) is 5.82 Å². The molecule has 4 rings (SSSR count). The van der Waals surface area contributed by atoms with Crippen molar-refractivity contribution >= 4 is 32.4 Å². The van der Waals surface area contributed by atoms with E-state index in [9.17, 15) is 8.42 Å². The molecule has 0 radical (unpaired) electrons. The van der Waals surface area contributed by atoms with Crippen LogP contribution in [0.5, 0.6) is 0 Å². The zero-order valence-corrected chi connectivity index (χ0v) is 17.0. The number of hydrogen-bond acceptors (Lipinski definition) is 4. The molecule has 6 heteroatoms. The highest BCUT2D eigenvalue weighted by molar-refractivity contribution is 7.92. The molecule has 146 valence electrons. The van der Waals surface area contributed by atoms with Crippen molar-refractivity contribution in [3.63, 3.8) is 0 Å². The number of anilines is 2. The smallest absolute Gasteiger partial charge is 0.263 e. The fourth-order valence-corrected chi connectivity index (χ4v) is 4.32. The Kier molecular flexibility index (Phi) is 4.72. The van der Waals surface area contributed by atoms with Gasteiger partial charge in [-0.3, -0.25) is 4.72 Å². The summed E-state index contributed by atoms with van der Waals surface area (Å²) in [7, 11) is -3.82. The normalized spacial score (nSPS) is 11.5. The van der Waals surface area contributed by atoms with Crippen molar-refractivity contribution in [1.29, 1.82) is 0 Å². The lowest BCUT2D eigenvalue weighted by atomic mass is 10.00. The largest absolute Gasteiger partial charge is 0.398 e. The Morgan fingerprint density at radius 3 is 2.31 bits per heavy atom. The Morgan fingerprint density at radius 1 is 0.862 bits per heavy atom. The van der Waals surface area contributed by atoms with Gasteiger partial charge < -0.3 is 5.73 Å². The number of nitrogen functional groups attached to an aromatic ring is 1. The Morgan fingerprint density at radius 2 is 1.59 bits per heavy atom. The number of benzene rings is 3. The third-order valence-electron chi connectivity index (χ3n) is 4.80. The highest BCUT2D eigenvalue weighted by Crippen LogP contribution is 2.38. The van der Waals surface area contributed by atoms with Crippen LogP contribution in [0.4, 0.5) is 11.5 Å². The van der Waals surface area contributed by atoms with Crippen molar-refractivity contribution in [1.82, 2.24) is 4.98 Å². The molecule has 29 heavy (non-hydrogen) atoms. The number of hydrogen-bond donors (Lipinski definition) is 2. The summed E-state index contributed by atoms with van der Waals surface area (Å²) in [5, 5.41) is 0.780. The quantitative estimate of drug-likeness (QED) is 0.507. The molecular weight excluding hydrogens is 382 g/mol. The predicted molar refractivity (Wildman–Crippen MR) is 118 cm³/mol. The number of nitrogens with one attached hydrogen (secondary N) is 1. The molecule has 0 aliphatic heterocycles. The summed E-state index contributed by atoms with van der Waals surface area (Å²) in [6.07, 6.45) is 0. The number of sulfonamides is 1. The van der Waals surface area contributed by atoms with E-state index in [-0.39, 0.29) is 10.7 Å². The second kappa shape index (κ2) is 7.22. The summed E-state index contributed by atoms with van der Waals surface area (Å²) in [6, 6.07) is 21.9. The molecule has 3 aromatic carbocycles. The van der Waals surface area contributed by atoms with E-state index in [4.69, 9.17) is 5.73 Å². The maximum absolute atomic E-state index is 13.0. The standard InChI is InChI=1S/C23H21N3O2S/c1-15-10-12-18(13-11-15)29(27,28)26-23-21(17-7-5-6-16(2)14-17)22(24)19-8-3-4-9-20(19)25-23/h3-14H,1-2H3,(H3,24,25,26). The van der Waals surface area contributed by atoms with E-state index >= 15 is 0 Å². The van der Waals surface area contributed by atoms with Crippen LogP contribution in [-0.4, -0.2) is 13.4 Å². The second-order valence-electron chi connectivity index (χ2n) is 7.05. The van der Waals surface area contributed by atoms with Gasteiger partial charge in [-0.25, -0.2) is 13.4 Å². The van der Waals surface area contributed by atoms with E-state index in [1.54, 1.807) is 24.3 Å². The number of nitrogens with zero attached hydrogens (tertiary/aromatic N) is 1. The molecule has 0 fully saturated rings. The van der Waals surface area contributed by atoms with E-state index in [2.05, 4.69) is 9.71 Å². The first-order chi connectivity index (χ1) is 13.8. The van der Waals surface area contributed by atoms with Gasteiger partial charge in [0.25, 0.3) is 10.0 Å². The molecule has 0 atom stereocenters. The summed E-state index contributed by atoms with van der Waals surface area (Å²) in [5.74, 6) is 0.215. The molecule has 1 heterocycles. The van der Waals surface area contributed by atoms with Gasteiger partial charge in [0, 0.05) is 10.9 Å². The lowest BCUT2D eigenvalue weighted by Crippen LogP contribution is -2.15. The molecule has 0 unspecified atom stereocenters. The van der Waals surface area contributed by atoms with Crippen LogP contribution in [0.3, 0.4) is 0 Å². The van der Waals surface area contributed by atoms with Crippen LogP contribution in [-0.2, 0) is 10.0 Å². The number of fused-ring (bicyclic) bond motifs is 1. The lowest BCUT2D eigenvalue weighted by Gasteiger charge is -2.17. The van der Waals surface area contributed by atoms with Gasteiger partial charge >= 0.3 is 0 Å². The maximum Gasteiger partial charge on any atom is 0.263 e. The van der Waals surface area contributed by atoms with Crippen molar-refractivity contribution in [3.05, 3.63) is 83.9 Å². The highest BCUT2D eigenvalue weighted by Gasteiger charge is 2.21. The molecule has 0 aliphatic rings. The Labute approximate surface area is 170 Å². The minimum absolute atomic E-state index is 0.173. The van der Waals surface area contributed by atoms with Crippen LogP contribution in [0.1, 0.15) is 11.1 Å². The fraction of sp³-hybridized carbons (Fsp3) is 0.0870. The molecule has 5 nitrogen and oxygen atoms in total. The average molecular weight is 404 g/mol.